The Morgan fingerprint density at radius 2 is 1.73 bits per heavy atom. The number of fused-ring (bicyclic) bond motifs is 3. The lowest BCUT2D eigenvalue weighted by molar-refractivity contribution is -0.306. The standard InChI is InChI=1S/C35H48O14/c1-16(2)26(38)33(44)46-22(13-18-5-8-20(37)9-6-18)32(43)48-24-10-7-19(15-45-34-29(41)28(40)27(39)23(14-36)47-34)25-30-21(11-12-35(24,25)4)17(3)31(42)49-30/h5-6,8-9,16,19,21-30,34,36-41H,3,7,10-15H2,1-2,4H3/t19-,21-,22-,23+,24+,25+,26+,27+,28-,29+,30-,34+,35-/m0/s1. The van der Waals surface area contributed by atoms with Crippen LogP contribution in [0, 0.1) is 29.1 Å². The van der Waals surface area contributed by atoms with E-state index in [1.165, 1.54) is 12.1 Å². The summed E-state index contributed by atoms with van der Waals surface area (Å²) in [5.74, 6) is -3.70. The number of rotatable bonds is 11. The van der Waals surface area contributed by atoms with Gasteiger partial charge >= 0.3 is 17.9 Å². The van der Waals surface area contributed by atoms with E-state index in [2.05, 4.69) is 6.58 Å². The molecule has 6 N–H and O–H groups in total. The summed E-state index contributed by atoms with van der Waals surface area (Å²) in [5.41, 5.74) is 0.194. The number of aliphatic hydroxyl groups is 5. The molecule has 14 nitrogen and oxygen atoms in total. The van der Waals surface area contributed by atoms with E-state index >= 15 is 0 Å². The Labute approximate surface area is 284 Å². The van der Waals surface area contributed by atoms with Crippen molar-refractivity contribution in [2.45, 2.75) is 108 Å². The molecule has 5 rings (SSSR count). The summed E-state index contributed by atoms with van der Waals surface area (Å²) in [6, 6.07) is 6.06. The molecule has 0 radical (unpaired) electrons. The molecule has 0 unspecified atom stereocenters. The Kier molecular flexibility index (Phi) is 11.4. The first-order chi connectivity index (χ1) is 23.2. The lowest BCUT2D eigenvalue weighted by Crippen LogP contribution is -2.60. The molecule has 4 fully saturated rings. The number of aliphatic hydroxyl groups excluding tert-OH is 5. The van der Waals surface area contributed by atoms with E-state index in [1.807, 2.05) is 6.92 Å². The van der Waals surface area contributed by atoms with Crippen molar-refractivity contribution in [1.82, 2.24) is 0 Å². The van der Waals surface area contributed by atoms with Crippen molar-refractivity contribution >= 4 is 17.9 Å². The third-order valence-corrected chi connectivity index (χ3v) is 10.8. The zero-order valence-corrected chi connectivity index (χ0v) is 27.9. The molecule has 0 bridgehead atoms. The van der Waals surface area contributed by atoms with Crippen molar-refractivity contribution in [2.75, 3.05) is 13.2 Å². The highest BCUT2D eigenvalue weighted by Crippen LogP contribution is 2.58. The fourth-order valence-electron chi connectivity index (χ4n) is 7.88. The van der Waals surface area contributed by atoms with Crippen LogP contribution in [0.1, 0.15) is 52.0 Å². The van der Waals surface area contributed by atoms with Crippen molar-refractivity contribution in [1.29, 1.82) is 0 Å². The number of carbonyl (C=O) groups is 3. The maximum Gasteiger partial charge on any atom is 0.348 e. The predicted molar refractivity (Wildman–Crippen MR) is 168 cm³/mol. The van der Waals surface area contributed by atoms with Crippen LogP contribution in [0.4, 0.5) is 0 Å². The fourth-order valence-corrected chi connectivity index (χ4v) is 7.88. The SMILES string of the molecule is C=C1C(=O)O[C@@H]2[C@H]3[C@H](CO[C@@H]4O[C@H](CO)[C@@H](O)[C@H](O)[C@H]4O)CC[C@@H](OC(=O)[C@H](Cc4ccc(O)cc4)OC(=O)[C@H](O)C(C)C)[C@]3(C)CC[C@@H]12. The van der Waals surface area contributed by atoms with Gasteiger partial charge in [-0.1, -0.05) is 39.5 Å². The van der Waals surface area contributed by atoms with Gasteiger partial charge in [0.1, 0.15) is 42.4 Å². The Morgan fingerprint density at radius 1 is 1.04 bits per heavy atom. The first kappa shape index (κ1) is 37.2. The Morgan fingerprint density at radius 3 is 2.39 bits per heavy atom. The minimum Gasteiger partial charge on any atom is -0.508 e. The summed E-state index contributed by atoms with van der Waals surface area (Å²) >= 11 is 0. The molecule has 2 saturated heterocycles. The van der Waals surface area contributed by atoms with E-state index in [9.17, 15) is 45.0 Å². The molecule has 0 aromatic heterocycles. The first-order valence-electron chi connectivity index (χ1n) is 16.8. The van der Waals surface area contributed by atoms with Crippen molar-refractivity contribution in [3.63, 3.8) is 0 Å². The number of hydrogen-bond acceptors (Lipinski definition) is 14. The van der Waals surface area contributed by atoms with E-state index in [-0.39, 0.29) is 30.6 Å². The van der Waals surface area contributed by atoms with Crippen molar-refractivity contribution in [2.24, 2.45) is 29.1 Å². The molecule has 2 aliphatic heterocycles. The number of aromatic hydroxyl groups is 1. The number of esters is 3. The number of hydrogen-bond donors (Lipinski definition) is 6. The second-order valence-electron chi connectivity index (χ2n) is 14.4. The molecule has 14 heteroatoms. The molecule has 2 heterocycles. The molecule has 2 saturated carbocycles. The maximum atomic E-state index is 13.9. The summed E-state index contributed by atoms with van der Waals surface area (Å²) in [7, 11) is 0. The molecule has 49 heavy (non-hydrogen) atoms. The van der Waals surface area contributed by atoms with Crippen LogP contribution >= 0.6 is 0 Å². The zero-order chi connectivity index (χ0) is 35.8. The minimum atomic E-state index is -1.61. The molecule has 0 amide bonds. The van der Waals surface area contributed by atoms with Gasteiger partial charge in [-0.3, -0.25) is 0 Å². The van der Waals surface area contributed by atoms with Crippen molar-refractivity contribution in [3.05, 3.63) is 42.0 Å². The van der Waals surface area contributed by atoms with Gasteiger partial charge in [0.05, 0.1) is 13.2 Å². The smallest absolute Gasteiger partial charge is 0.348 e. The maximum absolute atomic E-state index is 13.9. The molecule has 272 valence electrons. The largest absolute Gasteiger partial charge is 0.508 e. The van der Waals surface area contributed by atoms with Crippen LogP contribution < -0.4 is 0 Å². The van der Waals surface area contributed by atoms with Gasteiger partial charge in [-0.15, -0.1) is 0 Å². The van der Waals surface area contributed by atoms with Crippen LogP contribution in [-0.2, 0) is 44.5 Å². The summed E-state index contributed by atoms with van der Waals surface area (Å²) in [6.07, 6.45) is -9.61. The molecular weight excluding hydrogens is 644 g/mol. The lowest BCUT2D eigenvalue weighted by Gasteiger charge is -2.55. The molecule has 13 atom stereocenters. The first-order valence-corrected chi connectivity index (χ1v) is 16.8. The van der Waals surface area contributed by atoms with E-state index in [0.29, 0.717) is 36.8 Å². The number of benzene rings is 1. The van der Waals surface area contributed by atoms with E-state index < -0.39 is 96.9 Å². The number of ether oxygens (including phenoxy) is 5. The number of phenols is 1. The van der Waals surface area contributed by atoms with Crippen LogP contribution in [-0.4, -0.2) is 117 Å². The van der Waals surface area contributed by atoms with Gasteiger partial charge < -0.3 is 54.3 Å². The predicted octanol–water partition coefficient (Wildman–Crippen LogP) is 0.516. The molecule has 0 spiro atoms. The van der Waals surface area contributed by atoms with E-state index in [0.717, 1.165) is 0 Å². The summed E-state index contributed by atoms with van der Waals surface area (Å²) in [4.78, 5) is 39.4. The van der Waals surface area contributed by atoms with Gasteiger partial charge in [0.2, 0.25) is 6.10 Å². The van der Waals surface area contributed by atoms with Crippen LogP contribution in [0.3, 0.4) is 0 Å². The molecule has 1 aromatic carbocycles. The van der Waals surface area contributed by atoms with Crippen LogP contribution in [0.5, 0.6) is 5.75 Å². The van der Waals surface area contributed by atoms with Crippen molar-refractivity contribution < 1.29 is 68.7 Å². The van der Waals surface area contributed by atoms with Crippen LogP contribution in [0.15, 0.2) is 36.4 Å². The number of phenolic OH excluding ortho intramolecular Hbond substituents is 1. The lowest BCUT2D eigenvalue weighted by atomic mass is 9.52. The number of carbonyl (C=O) groups excluding carboxylic acids is 3. The zero-order valence-electron chi connectivity index (χ0n) is 27.9. The average Bonchev–Trinajstić information content (AvgIpc) is 3.36. The van der Waals surface area contributed by atoms with E-state index in [4.69, 9.17) is 23.7 Å². The molecular formula is C35H48O14. The Balaban J connectivity index is 1.37. The Hall–Kier alpha value is -3.11. The summed E-state index contributed by atoms with van der Waals surface area (Å²) < 4.78 is 29.1. The summed E-state index contributed by atoms with van der Waals surface area (Å²) in [5, 5.41) is 60.6. The van der Waals surface area contributed by atoms with Gasteiger partial charge in [0.15, 0.2) is 12.4 Å². The second kappa shape index (κ2) is 15.0. The van der Waals surface area contributed by atoms with Gasteiger partial charge in [-0.2, -0.15) is 0 Å². The monoisotopic (exact) mass is 692 g/mol. The highest BCUT2D eigenvalue weighted by Gasteiger charge is 2.61. The highest BCUT2D eigenvalue weighted by molar-refractivity contribution is 5.91. The van der Waals surface area contributed by atoms with Crippen LogP contribution in [0.25, 0.3) is 0 Å². The molecule has 1 aromatic rings. The third kappa shape index (κ3) is 7.51. The fraction of sp³-hybridized carbons (Fsp3) is 0.686. The summed E-state index contributed by atoms with van der Waals surface area (Å²) in [6.45, 7) is 8.56. The molecule has 4 aliphatic rings. The van der Waals surface area contributed by atoms with Gasteiger partial charge in [0.25, 0.3) is 0 Å². The van der Waals surface area contributed by atoms with Gasteiger partial charge in [0, 0.05) is 29.2 Å². The minimum absolute atomic E-state index is 0.00889. The highest BCUT2D eigenvalue weighted by atomic mass is 16.7. The normalized spacial score (nSPS) is 37.1. The van der Waals surface area contributed by atoms with Gasteiger partial charge in [-0.25, -0.2) is 14.4 Å². The topological polar surface area (TPSA) is 219 Å². The van der Waals surface area contributed by atoms with Crippen LogP contribution in [0.2, 0.25) is 0 Å². The molecule has 2 aliphatic carbocycles. The van der Waals surface area contributed by atoms with Crippen molar-refractivity contribution in [3.8, 4) is 5.75 Å². The van der Waals surface area contributed by atoms with E-state index in [1.54, 1.807) is 26.0 Å². The Bertz CT molecular complexity index is 1360. The third-order valence-electron chi connectivity index (χ3n) is 10.8. The quantitative estimate of drug-likeness (QED) is 0.106. The average molecular weight is 693 g/mol. The van der Waals surface area contributed by atoms with Gasteiger partial charge in [-0.05, 0) is 55.2 Å². The second-order valence-corrected chi connectivity index (χ2v) is 14.4.